The maximum absolute atomic E-state index is 11.4. The molecule has 0 bridgehead atoms. The van der Waals surface area contributed by atoms with Crippen molar-refractivity contribution in [2.75, 3.05) is 19.4 Å². The Hall–Kier alpha value is -0.340. The second kappa shape index (κ2) is 8.06. The van der Waals surface area contributed by atoms with Crippen molar-refractivity contribution >= 4 is 13.2 Å². The highest BCUT2D eigenvalue weighted by molar-refractivity contribution is 7.57. The monoisotopic (exact) mass is 300 g/mol. The average Bonchev–Trinajstić information content (AvgIpc) is 2.33. The molecular formula is C10H21O8P. The number of aliphatic hydroxyl groups is 5. The van der Waals surface area contributed by atoms with Crippen molar-refractivity contribution < 1.29 is 39.8 Å². The molecule has 19 heavy (non-hydrogen) atoms. The summed E-state index contributed by atoms with van der Waals surface area (Å²) in [6.07, 6.45) is -7.67. The lowest BCUT2D eigenvalue weighted by atomic mass is 9.98. The van der Waals surface area contributed by atoms with Crippen molar-refractivity contribution in [3.05, 3.63) is 0 Å². The van der Waals surface area contributed by atoms with E-state index in [0.717, 1.165) is 6.66 Å². The maximum Gasteiger partial charge on any atom is 0.197 e. The van der Waals surface area contributed by atoms with Crippen LogP contribution in [0.3, 0.4) is 0 Å². The molecule has 0 aliphatic heterocycles. The van der Waals surface area contributed by atoms with Crippen LogP contribution in [0.1, 0.15) is 12.8 Å². The lowest BCUT2D eigenvalue weighted by molar-refractivity contribution is -0.147. The third kappa shape index (κ3) is 7.12. The van der Waals surface area contributed by atoms with Gasteiger partial charge in [-0.05, 0) is 6.42 Å². The number of hydrogen-bond acceptors (Lipinski definition) is 7. The quantitative estimate of drug-likeness (QED) is 0.259. The van der Waals surface area contributed by atoms with Crippen molar-refractivity contribution in [1.82, 2.24) is 0 Å². The van der Waals surface area contributed by atoms with Crippen LogP contribution in [0.4, 0.5) is 0 Å². The molecule has 5 atom stereocenters. The van der Waals surface area contributed by atoms with Gasteiger partial charge in [0.15, 0.2) is 13.2 Å². The fraction of sp³-hybridized carbons (Fsp3) is 0.900. The summed E-state index contributed by atoms with van der Waals surface area (Å²) in [4.78, 5) is 20.5. The van der Waals surface area contributed by atoms with Crippen LogP contribution in [0.25, 0.3) is 0 Å². The lowest BCUT2D eigenvalue weighted by Gasteiger charge is -2.24. The van der Waals surface area contributed by atoms with Crippen LogP contribution in [0.5, 0.6) is 0 Å². The van der Waals surface area contributed by atoms with Gasteiger partial charge < -0.3 is 30.4 Å². The summed E-state index contributed by atoms with van der Waals surface area (Å²) in [6.45, 7) is 0.312. The van der Waals surface area contributed by atoms with Crippen LogP contribution in [0.15, 0.2) is 0 Å². The van der Waals surface area contributed by atoms with Gasteiger partial charge in [-0.15, -0.1) is 0 Å². The molecule has 0 saturated heterocycles. The van der Waals surface area contributed by atoms with Gasteiger partial charge >= 0.3 is 0 Å². The topological polar surface area (TPSA) is 156 Å². The van der Waals surface area contributed by atoms with E-state index in [1.54, 1.807) is 0 Å². The van der Waals surface area contributed by atoms with Gasteiger partial charge in [0.2, 0.25) is 0 Å². The molecule has 0 fully saturated rings. The molecule has 5 unspecified atom stereocenters. The van der Waals surface area contributed by atoms with E-state index >= 15 is 0 Å². The van der Waals surface area contributed by atoms with Crippen LogP contribution in [0, 0.1) is 0 Å². The van der Waals surface area contributed by atoms with Crippen LogP contribution in [-0.2, 0) is 9.36 Å². The fourth-order valence-electron chi connectivity index (χ4n) is 1.41. The highest BCUT2D eigenvalue weighted by Crippen LogP contribution is 2.36. The Bertz CT molecular complexity index is 327. The number of carbonyl (C=O) groups is 1. The van der Waals surface area contributed by atoms with Crippen LogP contribution in [-0.4, -0.2) is 80.1 Å². The van der Waals surface area contributed by atoms with Gasteiger partial charge in [0.05, 0.1) is 6.61 Å². The first-order valence-corrected chi connectivity index (χ1v) is 8.04. The van der Waals surface area contributed by atoms with Gasteiger partial charge in [-0.25, -0.2) is 0 Å². The third-order valence-corrected chi connectivity index (χ3v) is 3.73. The van der Waals surface area contributed by atoms with E-state index in [9.17, 15) is 24.7 Å². The summed E-state index contributed by atoms with van der Waals surface area (Å²) in [6, 6.07) is 0. The standard InChI is InChI=1S/C10H21O8P/c1-19(17,18)4-2-3-6(12)8(14)10(16)9(15)7(13)5-11/h7-11,13-16H,2-5H2,1H3,(H,17,18). The number of Topliss-reactive ketones (excluding diaryl/α,β-unsaturated/α-hetero) is 1. The van der Waals surface area contributed by atoms with Crippen molar-refractivity contribution in [2.24, 2.45) is 0 Å². The van der Waals surface area contributed by atoms with Crippen molar-refractivity contribution in [3.63, 3.8) is 0 Å². The zero-order valence-corrected chi connectivity index (χ0v) is 11.5. The number of aliphatic hydroxyl groups excluding tert-OH is 5. The second-order valence-electron chi connectivity index (χ2n) is 4.52. The van der Waals surface area contributed by atoms with Gasteiger partial charge in [0, 0.05) is 19.2 Å². The lowest BCUT2D eigenvalue weighted by Crippen LogP contribution is -2.48. The molecule has 8 nitrogen and oxygen atoms in total. The summed E-state index contributed by atoms with van der Waals surface area (Å²) >= 11 is 0. The van der Waals surface area contributed by atoms with E-state index in [0.29, 0.717) is 0 Å². The molecule has 0 saturated carbocycles. The smallest absolute Gasteiger partial charge is 0.197 e. The van der Waals surface area contributed by atoms with Crippen molar-refractivity contribution in [1.29, 1.82) is 0 Å². The van der Waals surface area contributed by atoms with E-state index < -0.39 is 44.2 Å². The first-order chi connectivity index (χ1) is 8.60. The summed E-state index contributed by atoms with van der Waals surface area (Å²) in [5.41, 5.74) is 0. The van der Waals surface area contributed by atoms with E-state index in [1.165, 1.54) is 0 Å². The number of ketones is 1. The zero-order valence-electron chi connectivity index (χ0n) is 10.6. The number of hydrogen-bond donors (Lipinski definition) is 6. The molecule has 0 aromatic rings. The molecule has 114 valence electrons. The molecule has 6 N–H and O–H groups in total. The fourth-order valence-corrected chi connectivity index (χ4v) is 2.15. The largest absolute Gasteiger partial charge is 0.394 e. The van der Waals surface area contributed by atoms with E-state index in [1.807, 2.05) is 0 Å². The van der Waals surface area contributed by atoms with Crippen molar-refractivity contribution in [2.45, 2.75) is 37.3 Å². The van der Waals surface area contributed by atoms with E-state index in [4.69, 9.17) is 15.1 Å². The molecule has 0 aromatic heterocycles. The molecule has 0 radical (unpaired) electrons. The SMILES string of the molecule is CP(=O)(O)CCCC(=O)C(O)C(O)C(O)C(O)CO. The van der Waals surface area contributed by atoms with Gasteiger partial charge in [-0.1, -0.05) is 0 Å². The summed E-state index contributed by atoms with van der Waals surface area (Å²) in [7, 11) is -3.23. The van der Waals surface area contributed by atoms with Crippen molar-refractivity contribution in [3.8, 4) is 0 Å². The molecular weight excluding hydrogens is 279 g/mol. The minimum absolute atomic E-state index is 0.0611. The van der Waals surface area contributed by atoms with E-state index in [-0.39, 0.29) is 19.0 Å². The van der Waals surface area contributed by atoms with Crippen LogP contribution < -0.4 is 0 Å². The van der Waals surface area contributed by atoms with Gasteiger partial charge in [0.1, 0.15) is 24.4 Å². The highest BCUT2D eigenvalue weighted by atomic mass is 31.2. The van der Waals surface area contributed by atoms with Gasteiger partial charge in [0.25, 0.3) is 0 Å². The first kappa shape index (κ1) is 18.7. The minimum Gasteiger partial charge on any atom is -0.394 e. The Morgan fingerprint density at radius 3 is 2.11 bits per heavy atom. The predicted octanol–water partition coefficient (Wildman–Crippen LogP) is -2.33. The second-order valence-corrected chi connectivity index (χ2v) is 7.07. The number of carbonyl (C=O) groups excluding carboxylic acids is 1. The first-order valence-electron chi connectivity index (χ1n) is 5.75. The van der Waals surface area contributed by atoms with Gasteiger partial charge in [-0.3, -0.25) is 9.36 Å². The molecule has 9 heteroatoms. The predicted molar refractivity (Wildman–Crippen MR) is 66.0 cm³/mol. The molecule has 0 spiro atoms. The van der Waals surface area contributed by atoms with E-state index in [2.05, 4.69) is 0 Å². The van der Waals surface area contributed by atoms with Crippen LogP contribution >= 0.6 is 7.37 Å². The summed E-state index contributed by atoms with van der Waals surface area (Å²) in [5, 5.41) is 45.8. The zero-order chi connectivity index (χ0) is 15.2. The Morgan fingerprint density at radius 1 is 1.16 bits per heavy atom. The summed E-state index contributed by atoms with van der Waals surface area (Å²) < 4.78 is 11.0. The third-order valence-electron chi connectivity index (χ3n) is 2.58. The van der Waals surface area contributed by atoms with Gasteiger partial charge in [-0.2, -0.15) is 0 Å². The molecule has 0 heterocycles. The molecule has 0 amide bonds. The average molecular weight is 300 g/mol. The maximum atomic E-state index is 11.4. The normalized spacial score (nSPS) is 21.2. The van der Waals surface area contributed by atoms with Crippen LogP contribution in [0.2, 0.25) is 0 Å². The molecule has 0 rings (SSSR count). The Kier molecular flexibility index (Phi) is 7.92. The summed E-state index contributed by atoms with van der Waals surface area (Å²) in [5.74, 6) is -0.815. The highest BCUT2D eigenvalue weighted by Gasteiger charge is 2.33. The Labute approximate surface area is 110 Å². The Morgan fingerprint density at radius 2 is 1.68 bits per heavy atom. The molecule has 0 aliphatic rings. The molecule has 0 aromatic carbocycles. The Balaban J connectivity index is 4.29. The number of rotatable bonds is 9. The molecule has 0 aliphatic carbocycles. The minimum atomic E-state index is -3.23.